The van der Waals surface area contributed by atoms with E-state index in [1.165, 1.54) is 7.11 Å². The summed E-state index contributed by atoms with van der Waals surface area (Å²) in [5, 5.41) is 2.77. The molecule has 118 valence electrons. The molecule has 2 aliphatic heterocycles. The number of ether oxygens (including phenoxy) is 3. The van der Waals surface area contributed by atoms with E-state index < -0.39 is 0 Å². The lowest BCUT2D eigenvalue weighted by atomic mass is 10.1. The Morgan fingerprint density at radius 2 is 2.23 bits per heavy atom. The number of carbonyl (C=O) groups is 2. The van der Waals surface area contributed by atoms with Gasteiger partial charge in [-0.2, -0.15) is 0 Å². The third-order valence-electron chi connectivity index (χ3n) is 3.74. The van der Waals surface area contributed by atoms with Crippen LogP contribution in [0.2, 0.25) is 0 Å². The molecule has 2 heterocycles. The van der Waals surface area contributed by atoms with Crippen molar-refractivity contribution >= 4 is 17.5 Å². The summed E-state index contributed by atoms with van der Waals surface area (Å²) in [5.41, 5.74) is 0.792. The van der Waals surface area contributed by atoms with Crippen molar-refractivity contribution in [3.05, 3.63) is 18.2 Å². The molecular formula is C15H18N2O5. The molecular weight excluding hydrogens is 288 g/mol. The number of hydrogen-bond donors (Lipinski definition) is 1. The van der Waals surface area contributed by atoms with E-state index in [4.69, 9.17) is 14.2 Å². The molecule has 1 aromatic rings. The van der Waals surface area contributed by atoms with Crippen molar-refractivity contribution in [3.63, 3.8) is 0 Å². The van der Waals surface area contributed by atoms with Gasteiger partial charge in [0, 0.05) is 44.3 Å². The summed E-state index contributed by atoms with van der Waals surface area (Å²) in [4.78, 5) is 25.3. The summed E-state index contributed by atoms with van der Waals surface area (Å²) in [6.45, 7) is 1.29. The van der Waals surface area contributed by atoms with E-state index in [2.05, 4.69) is 5.32 Å². The first-order chi connectivity index (χ1) is 10.7. The first-order valence-electron chi connectivity index (χ1n) is 7.13. The Morgan fingerprint density at radius 3 is 3.05 bits per heavy atom. The van der Waals surface area contributed by atoms with Crippen LogP contribution in [0.3, 0.4) is 0 Å². The molecule has 0 spiro atoms. The topological polar surface area (TPSA) is 77.1 Å². The van der Waals surface area contributed by atoms with Gasteiger partial charge in [0.05, 0.1) is 0 Å². The fourth-order valence-electron chi connectivity index (χ4n) is 2.66. The largest absolute Gasteiger partial charge is 0.454 e. The number of hydrogen-bond acceptors (Lipinski definition) is 5. The first-order valence-corrected chi connectivity index (χ1v) is 7.13. The zero-order chi connectivity index (χ0) is 15.5. The van der Waals surface area contributed by atoms with Crippen molar-refractivity contribution in [2.24, 2.45) is 5.92 Å². The number of carbonyl (C=O) groups excluding carboxylic acids is 2. The van der Waals surface area contributed by atoms with E-state index in [9.17, 15) is 9.59 Å². The molecule has 3 rings (SSSR count). The fourth-order valence-corrected chi connectivity index (χ4v) is 2.66. The van der Waals surface area contributed by atoms with Crippen molar-refractivity contribution in [1.82, 2.24) is 5.32 Å². The van der Waals surface area contributed by atoms with Crippen molar-refractivity contribution < 1.29 is 23.8 Å². The number of benzene rings is 1. The lowest BCUT2D eigenvalue weighted by Gasteiger charge is -2.17. The van der Waals surface area contributed by atoms with E-state index in [1.807, 2.05) is 12.1 Å². The van der Waals surface area contributed by atoms with Crippen molar-refractivity contribution in [2.45, 2.75) is 6.42 Å². The highest BCUT2D eigenvalue weighted by atomic mass is 16.7. The van der Waals surface area contributed by atoms with Gasteiger partial charge in [0.25, 0.3) is 0 Å². The molecule has 1 aromatic carbocycles. The zero-order valence-electron chi connectivity index (χ0n) is 12.3. The van der Waals surface area contributed by atoms with E-state index >= 15 is 0 Å². The van der Waals surface area contributed by atoms with Gasteiger partial charge in [-0.25, -0.2) is 0 Å². The molecule has 2 amide bonds. The van der Waals surface area contributed by atoms with Gasteiger partial charge in [0.1, 0.15) is 6.61 Å². The average Bonchev–Trinajstić information content (AvgIpc) is 3.11. The van der Waals surface area contributed by atoms with Crippen molar-refractivity contribution in [3.8, 4) is 11.5 Å². The van der Waals surface area contributed by atoms with Crippen LogP contribution in [0.4, 0.5) is 5.69 Å². The summed E-state index contributed by atoms with van der Waals surface area (Å²) >= 11 is 0. The number of fused-ring (bicyclic) bond motifs is 1. The SMILES string of the molecule is COCC(=O)NC[C@H]1CC(=O)N(c2ccc3c(c2)OCO3)C1. The highest BCUT2D eigenvalue weighted by Crippen LogP contribution is 2.37. The number of methoxy groups -OCH3 is 1. The number of anilines is 1. The molecule has 7 heteroatoms. The minimum atomic E-state index is -0.170. The lowest BCUT2D eigenvalue weighted by molar-refractivity contribution is -0.125. The Hall–Kier alpha value is -2.28. The van der Waals surface area contributed by atoms with Crippen molar-refractivity contribution in [1.29, 1.82) is 0 Å². The van der Waals surface area contributed by atoms with Crippen LogP contribution in [0.5, 0.6) is 11.5 Å². The maximum atomic E-state index is 12.2. The van der Waals surface area contributed by atoms with Crippen LogP contribution in [0.25, 0.3) is 0 Å². The molecule has 1 saturated heterocycles. The van der Waals surface area contributed by atoms with Gasteiger partial charge in [-0.1, -0.05) is 0 Å². The standard InChI is InChI=1S/C15H18N2O5/c1-20-8-14(18)16-6-10-4-15(19)17(7-10)11-2-3-12-13(5-11)22-9-21-12/h2-3,5,10H,4,6-9H2,1H3,(H,16,18)/t10-/m1/s1. The zero-order valence-corrected chi connectivity index (χ0v) is 12.3. The van der Waals surface area contributed by atoms with Crippen molar-refractivity contribution in [2.75, 3.05) is 38.5 Å². The maximum absolute atomic E-state index is 12.2. The number of nitrogens with zero attached hydrogens (tertiary/aromatic N) is 1. The quantitative estimate of drug-likeness (QED) is 0.859. The summed E-state index contributed by atoms with van der Waals surface area (Å²) < 4.78 is 15.4. The molecule has 1 fully saturated rings. The Labute approximate surface area is 128 Å². The molecule has 2 aliphatic rings. The molecule has 0 saturated carbocycles. The summed E-state index contributed by atoms with van der Waals surface area (Å²) in [6.07, 6.45) is 0.418. The Morgan fingerprint density at radius 1 is 1.41 bits per heavy atom. The molecule has 0 unspecified atom stereocenters. The number of amides is 2. The van der Waals surface area contributed by atoms with E-state index in [0.29, 0.717) is 31.0 Å². The minimum Gasteiger partial charge on any atom is -0.454 e. The van der Waals surface area contributed by atoms with Gasteiger partial charge in [-0.05, 0) is 12.1 Å². The molecule has 0 aliphatic carbocycles. The van der Waals surface area contributed by atoms with Gasteiger partial charge in [0.15, 0.2) is 11.5 Å². The van der Waals surface area contributed by atoms with Crippen LogP contribution in [0.15, 0.2) is 18.2 Å². The molecule has 0 bridgehead atoms. The van der Waals surface area contributed by atoms with Crippen LogP contribution >= 0.6 is 0 Å². The smallest absolute Gasteiger partial charge is 0.245 e. The number of rotatable bonds is 5. The Bertz CT molecular complexity index is 589. The molecule has 7 nitrogen and oxygen atoms in total. The van der Waals surface area contributed by atoms with E-state index in [0.717, 1.165) is 5.69 Å². The molecule has 1 atom stereocenters. The molecule has 0 radical (unpaired) electrons. The second-order valence-electron chi connectivity index (χ2n) is 5.35. The van der Waals surface area contributed by atoms with Gasteiger partial charge >= 0.3 is 0 Å². The third kappa shape index (κ3) is 2.99. The molecule has 1 N–H and O–H groups in total. The lowest BCUT2D eigenvalue weighted by Crippen LogP contribution is -2.33. The average molecular weight is 306 g/mol. The highest BCUT2D eigenvalue weighted by molar-refractivity contribution is 5.96. The second-order valence-corrected chi connectivity index (χ2v) is 5.35. The van der Waals surface area contributed by atoms with Gasteiger partial charge in [-0.3, -0.25) is 9.59 Å². The van der Waals surface area contributed by atoms with Gasteiger partial charge in [0.2, 0.25) is 18.6 Å². The van der Waals surface area contributed by atoms with Gasteiger partial charge in [-0.15, -0.1) is 0 Å². The monoisotopic (exact) mass is 306 g/mol. The predicted octanol–water partition coefficient (Wildman–Crippen LogP) is 0.531. The van der Waals surface area contributed by atoms with Crippen LogP contribution in [-0.4, -0.2) is 45.4 Å². The van der Waals surface area contributed by atoms with Crippen LogP contribution in [0.1, 0.15) is 6.42 Å². The Balaban J connectivity index is 1.61. The fraction of sp³-hybridized carbons (Fsp3) is 0.467. The summed E-state index contributed by atoms with van der Waals surface area (Å²) in [7, 11) is 1.47. The highest BCUT2D eigenvalue weighted by Gasteiger charge is 2.31. The normalized spacial score (nSPS) is 19.6. The summed E-state index contributed by atoms with van der Waals surface area (Å²) in [6, 6.07) is 5.46. The maximum Gasteiger partial charge on any atom is 0.245 e. The van der Waals surface area contributed by atoms with Crippen LogP contribution in [-0.2, 0) is 14.3 Å². The minimum absolute atomic E-state index is 0.0343. The Kier molecular flexibility index (Phi) is 4.15. The molecule has 22 heavy (non-hydrogen) atoms. The second kappa shape index (κ2) is 6.23. The molecule has 0 aromatic heterocycles. The first kappa shape index (κ1) is 14.6. The van der Waals surface area contributed by atoms with Crippen LogP contribution < -0.4 is 19.7 Å². The summed E-state index contributed by atoms with van der Waals surface area (Å²) in [5.74, 6) is 1.32. The predicted molar refractivity (Wildman–Crippen MR) is 77.9 cm³/mol. The van der Waals surface area contributed by atoms with E-state index in [1.54, 1.807) is 11.0 Å². The number of nitrogens with one attached hydrogen (secondary N) is 1. The van der Waals surface area contributed by atoms with E-state index in [-0.39, 0.29) is 31.1 Å². The van der Waals surface area contributed by atoms with Gasteiger partial charge < -0.3 is 24.4 Å². The third-order valence-corrected chi connectivity index (χ3v) is 3.74. The van der Waals surface area contributed by atoms with Crippen LogP contribution in [0, 0.1) is 5.92 Å².